The Morgan fingerprint density at radius 1 is 1.26 bits per heavy atom. The number of esters is 1. The van der Waals surface area contributed by atoms with Crippen LogP contribution in [0.3, 0.4) is 0 Å². The highest BCUT2D eigenvalue weighted by atomic mass is 32.1. The lowest BCUT2D eigenvalue weighted by Crippen LogP contribution is -2.49. The molecule has 0 N–H and O–H groups in total. The molecule has 0 saturated carbocycles. The van der Waals surface area contributed by atoms with Gasteiger partial charge in [0, 0.05) is 29.3 Å². The summed E-state index contributed by atoms with van der Waals surface area (Å²) in [6.07, 6.45) is 1.47. The molecule has 9 nitrogen and oxygen atoms in total. The van der Waals surface area contributed by atoms with Crippen LogP contribution in [-0.2, 0) is 9.53 Å². The highest BCUT2D eigenvalue weighted by Crippen LogP contribution is 2.24. The first-order chi connectivity index (χ1) is 14.7. The first-order valence-electron chi connectivity index (χ1n) is 10.7. The van der Waals surface area contributed by atoms with Gasteiger partial charge in [-0.1, -0.05) is 46.2 Å². The van der Waals surface area contributed by atoms with Crippen LogP contribution in [0.1, 0.15) is 81.1 Å². The molecule has 0 aliphatic carbocycles. The van der Waals surface area contributed by atoms with E-state index in [9.17, 15) is 14.4 Å². The molecule has 31 heavy (non-hydrogen) atoms. The zero-order chi connectivity index (χ0) is 23.6. The third-order valence-electron chi connectivity index (χ3n) is 5.15. The molecule has 0 radical (unpaired) electrons. The molecule has 0 bridgehead atoms. The summed E-state index contributed by atoms with van der Waals surface area (Å²) < 4.78 is 4.93. The fourth-order valence-corrected chi connectivity index (χ4v) is 3.96. The fourth-order valence-electron chi connectivity index (χ4n) is 3.22. The molecule has 0 aliphatic rings. The SMILES string of the molecule is CCCN(C(=O)[C@@H](N=[N+]=[N-])C(C)CC)[C@@H](CC(=O)c1nc(C(=O)OCC)cs1)C(C)C. The number of amides is 1. The summed E-state index contributed by atoms with van der Waals surface area (Å²) in [5.41, 5.74) is 9.07. The molecule has 1 aromatic rings. The number of rotatable bonds is 13. The van der Waals surface area contributed by atoms with Gasteiger partial charge in [0.1, 0.15) is 6.04 Å². The number of thiazole rings is 1. The topological polar surface area (TPSA) is 125 Å². The van der Waals surface area contributed by atoms with Gasteiger partial charge in [0.15, 0.2) is 16.5 Å². The van der Waals surface area contributed by atoms with Gasteiger partial charge in [0.05, 0.1) is 6.61 Å². The van der Waals surface area contributed by atoms with Gasteiger partial charge < -0.3 is 9.64 Å². The van der Waals surface area contributed by atoms with Crippen LogP contribution in [-0.4, -0.2) is 52.8 Å². The maximum atomic E-state index is 13.3. The Hall–Kier alpha value is -2.45. The lowest BCUT2D eigenvalue weighted by molar-refractivity contribution is -0.137. The Morgan fingerprint density at radius 3 is 2.45 bits per heavy atom. The minimum Gasteiger partial charge on any atom is -0.461 e. The molecule has 1 unspecified atom stereocenters. The molecule has 1 amide bonds. The van der Waals surface area contributed by atoms with Crippen molar-refractivity contribution >= 4 is 29.0 Å². The number of ether oxygens (including phenoxy) is 1. The van der Waals surface area contributed by atoms with Crippen molar-refractivity contribution in [2.24, 2.45) is 17.0 Å². The van der Waals surface area contributed by atoms with Crippen molar-refractivity contribution in [3.05, 3.63) is 26.5 Å². The minimum absolute atomic E-state index is 0.00686. The maximum absolute atomic E-state index is 13.3. The second kappa shape index (κ2) is 13.1. The van der Waals surface area contributed by atoms with Crippen LogP contribution in [0.2, 0.25) is 0 Å². The molecular weight excluding hydrogens is 418 g/mol. The van der Waals surface area contributed by atoms with Crippen LogP contribution < -0.4 is 0 Å². The van der Waals surface area contributed by atoms with Crippen molar-refractivity contribution in [1.29, 1.82) is 0 Å². The average Bonchev–Trinajstić information content (AvgIpc) is 3.24. The molecule has 0 spiro atoms. The van der Waals surface area contributed by atoms with Gasteiger partial charge in [-0.05, 0) is 30.7 Å². The van der Waals surface area contributed by atoms with Crippen LogP contribution in [0, 0.1) is 11.8 Å². The van der Waals surface area contributed by atoms with E-state index in [0.717, 1.165) is 11.3 Å². The Bertz CT molecular complexity index is 803. The smallest absolute Gasteiger partial charge is 0.357 e. The van der Waals surface area contributed by atoms with Crippen molar-refractivity contribution < 1.29 is 19.1 Å². The third-order valence-corrected chi connectivity index (χ3v) is 6.03. The molecule has 1 rings (SSSR count). The van der Waals surface area contributed by atoms with Gasteiger partial charge in [-0.15, -0.1) is 11.3 Å². The molecule has 172 valence electrons. The molecular formula is C21H33N5O4S. The van der Waals surface area contributed by atoms with Crippen molar-refractivity contribution in [3.63, 3.8) is 0 Å². The fraction of sp³-hybridized carbons (Fsp3) is 0.714. The van der Waals surface area contributed by atoms with Gasteiger partial charge in [-0.2, -0.15) is 0 Å². The van der Waals surface area contributed by atoms with Gasteiger partial charge in [0.2, 0.25) is 5.91 Å². The van der Waals surface area contributed by atoms with Crippen LogP contribution >= 0.6 is 11.3 Å². The number of azide groups is 1. The normalized spacial score (nSPS) is 13.8. The number of Topliss-reactive ketones (excluding diaryl/α,β-unsaturated/α-hetero) is 1. The maximum Gasteiger partial charge on any atom is 0.357 e. The molecule has 10 heteroatoms. The number of ketones is 1. The first kappa shape index (κ1) is 26.6. The second-order valence-electron chi connectivity index (χ2n) is 7.76. The second-order valence-corrected chi connectivity index (χ2v) is 8.62. The number of hydrogen-bond acceptors (Lipinski definition) is 7. The predicted octanol–water partition coefficient (Wildman–Crippen LogP) is 4.88. The van der Waals surface area contributed by atoms with Crippen LogP contribution in [0.15, 0.2) is 10.5 Å². The summed E-state index contributed by atoms with van der Waals surface area (Å²) in [6, 6.07) is -1.19. The molecule has 0 fully saturated rings. The summed E-state index contributed by atoms with van der Waals surface area (Å²) in [7, 11) is 0. The van der Waals surface area contributed by atoms with E-state index >= 15 is 0 Å². The Kier molecular flexibility index (Phi) is 11.2. The van der Waals surface area contributed by atoms with Gasteiger partial charge >= 0.3 is 5.97 Å². The molecule has 0 aromatic carbocycles. The first-order valence-corrected chi connectivity index (χ1v) is 11.6. The Balaban J connectivity index is 3.15. The summed E-state index contributed by atoms with van der Waals surface area (Å²) in [5, 5.41) is 5.48. The van der Waals surface area contributed by atoms with E-state index in [0.29, 0.717) is 19.4 Å². The van der Waals surface area contributed by atoms with E-state index in [1.54, 1.807) is 11.8 Å². The summed E-state index contributed by atoms with van der Waals surface area (Å²) in [6.45, 7) is 12.1. The summed E-state index contributed by atoms with van der Waals surface area (Å²) in [5.74, 6) is -1.18. The van der Waals surface area contributed by atoms with E-state index in [4.69, 9.17) is 10.3 Å². The lowest BCUT2D eigenvalue weighted by Gasteiger charge is -2.36. The van der Waals surface area contributed by atoms with Crippen molar-refractivity contribution in [2.45, 2.75) is 72.9 Å². The highest BCUT2D eigenvalue weighted by Gasteiger charge is 2.34. The Morgan fingerprint density at radius 2 is 1.94 bits per heavy atom. The van der Waals surface area contributed by atoms with Crippen molar-refractivity contribution in [3.8, 4) is 0 Å². The lowest BCUT2D eigenvalue weighted by atomic mass is 9.93. The van der Waals surface area contributed by atoms with E-state index in [1.165, 1.54) is 5.38 Å². The molecule has 3 atom stereocenters. The largest absolute Gasteiger partial charge is 0.461 e. The van der Waals surface area contributed by atoms with Crippen molar-refractivity contribution in [2.75, 3.05) is 13.2 Å². The average molecular weight is 452 g/mol. The standard InChI is InChI=1S/C21H33N5O4S/c1-7-10-26(20(28)18(24-25-22)14(6)8-2)16(13(4)5)11-17(27)19-23-15(12-31-19)21(29)30-9-3/h12-14,16,18H,7-11H2,1-6H3/t14?,16-,18-/m0/s1. The highest BCUT2D eigenvalue weighted by molar-refractivity contribution is 7.11. The molecule has 1 aromatic heterocycles. The Labute approximate surface area is 187 Å². The van der Waals surface area contributed by atoms with E-state index in [-0.39, 0.29) is 53.3 Å². The summed E-state index contributed by atoms with van der Waals surface area (Å²) in [4.78, 5) is 46.8. The number of hydrogen-bond donors (Lipinski definition) is 0. The predicted molar refractivity (Wildman–Crippen MR) is 120 cm³/mol. The van der Waals surface area contributed by atoms with Crippen LogP contribution in [0.4, 0.5) is 0 Å². The van der Waals surface area contributed by atoms with Crippen LogP contribution in [0.25, 0.3) is 10.4 Å². The molecule has 1 heterocycles. The number of aromatic nitrogens is 1. The minimum atomic E-state index is -0.812. The monoisotopic (exact) mass is 451 g/mol. The quantitative estimate of drug-likeness (QED) is 0.139. The number of carbonyl (C=O) groups is 3. The zero-order valence-electron chi connectivity index (χ0n) is 19.2. The van der Waals surface area contributed by atoms with E-state index < -0.39 is 12.0 Å². The zero-order valence-corrected chi connectivity index (χ0v) is 20.0. The molecule has 0 aliphatic heterocycles. The number of nitrogens with zero attached hydrogens (tertiary/aromatic N) is 5. The van der Waals surface area contributed by atoms with Gasteiger partial charge in [-0.25, -0.2) is 9.78 Å². The van der Waals surface area contributed by atoms with E-state index in [1.807, 2.05) is 34.6 Å². The van der Waals surface area contributed by atoms with Crippen molar-refractivity contribution in [1.82, 2.24) is 9.88 Å². The molecule has 0 saturated heterocycles. The van der Waals surface area contributed by atoms with E-state index in [2.05, 4.69) is 15.0 Å². The summed E-state index contributed by atoms with van der Waals surface area (Å²) >= 11 is 1.09. The van der Waals surface area contributed by atoms with Gasteiger partial charge in [0.25, 0.3) is 0 Å². The third kappa shape index (κ3) is 7.33. The van der Waals surface area contributed by atoms with Gasteiger partial charge in [-0.3, -0.25) is 9.59 Å². The van der Waals surface area contributed by atoms with Crippen LogP contribution in [0.5, 0.6) is 0 Å². The number of carbonyl (C=O) groups excluding carboxylic acids is 3.